The van der Waals surface area contributed by atoms with Crippen LogP contribution in [0, 0.1) is 5.82 Å². The number of hydrogen-bond donors (Lipinski definition) is 1. The van der Waals surface area contributed by atoms with Gasteiger partial charge in [0.15, 0.2) is 5.69 Å². The molecule has 4 aromatic rings. The number of oxazole rings is 1. The summed E-state index contributed by atoms with van der Waals surface area (Å²) in [6.45, 7) is 1.86. The predicted molar refractivity (Wildman–Crippen MR) is 163 cm³/mol. The molecule has 2 aromatic carbocycles. The first-order valence-corrected chi connectivity index (χ1v) is 15.3. The van der Waals surface area contributed by atoms with Crippen molar-refractivity contribution in [2.75, 3.05) is 36.4 Å². The van der Waals surface area contributed by atoms with Crippen LogP contribution in [0.25, 0.3) is 0 Å². The Morgan fingerprint density at radius 3 is 2.35 bits per heavy atom. The van der Waals surface area contributed by atoms with Crippen LogP contribution in [0.5, 0.6) is 0 Å². The molecule has 6 rings (SSSR count). The number of amides is 1. The SMILES string of the molecule is O=C(Cc1ccc(N[C@H]2CCN(C(=O)Cc3ccccc3F)C2)nc1)c1oc(N2CCC(c3ccccc3)CC2)nc1C(F)(F)F. The average Bonchev–Trinajstić information content (AvgIpc) is 3.72. The van der Waals surface area contributed by atoms with Gasteiger partial charge >= 0.3 is 6.18 Å². The second kappa shape index (κ2) is 13.3. The first-order chi connectivity index (χ1) is 22.1. The number of aromatic nitrogens is 2. The van der Waals surface area contributed by atoms with E-state index in [2.05, 4.69) is 15.3 Å². The fourth-order valence-corrected chi connectivity index (χ4v) is 6.06. The average molecular weight is 636 g/mol. The van der Waals surface area contributed by atoms with Gasteiger partial charge in [-0.3, -0.25) is 9.59 Å². The van der Waals surface area contributed by atoms with E-state index in [9.17, 15) is 27.2 Å². The molecule has 0 aliphatic carbocycles. The molecule has 2 aliphatic rings. The standard InChI is InChI=1S/C34H33F4N5O3/c35-27-9-5-4-8-25(27)19-30(45)43-17-14-26(21-43)40-29-11-10-22(20-39-29)18-28(44)31-32(34(36,37)38)41-33(46-31)42-15-12-24(13-16-42)23-6-2-1-3-7-23/h1-11,20,24,26H,12-19,21H2,(H,39,40)/t26-/m0/s1. The Morgan fingerprint density at radius 1 is 0.913 bits per heavy atom. The highest BCUT2D eigenvalue weighted by atomic mass is 19.4. The van der Waals surface area contributed by atoms with Crippen molar-refractivity contribution < 1.29 is 31.6 Å². The van der Waals surface area contributed by atoms with Crippen molar-refractivity contribution in [3.8, 4) is 0 Å². The lowest BCUT2D eigenvalue weighted by molar-refractivity contribution is -0.141. The number of anilines is 2. The maximum atomic E-state index is 13.9. The second-order valence-electron chi connectivity index (χ2n) is 11.7. The van der Waals surface area contributed by atoms with Crippen molar-refractivity contribution >= 4 is 23.5 Å². The molecule has 0 bridgehead atoms. The van der Waals surface area contributed by atoms with Crippen LogP contribution in [0.2, 0.25) is 0 Å². The summed E-state index contributed by atoms with van der Waals surface area (Å²) in [5.74, 6) is -1.43. The van der Waals surface area contributed by atoms with Crippen LogP contribution in [-0.4, -0.2) is 58.8 Å². The van der Waals surface area contributed by atoms with E-state index in [1.54, 1.807) is 40.1 Å². The van der Waals surface area contributed by atoms with E-state index < -0.39 is 29.2 Å². The zero-order valence-corrected chi connectivity index (χ0v) is 25.0. The fraction of sp³-hybridized carbons (Fsp3) is 0.353. The molecule has 0 spiro atoms. The Labute approximate surface area is 263 Å². The summed E-state index contributed by atoms with van der Waals surface area (Å²) < 4.78 is 61.2. The van der Waals surface area contributed by atoms with E-state index in [4.69, 9.17) is 4.42 Å². The van der Waals surface area contributed by atoms with E-state index in [0.29, 0.717) is 55.5 Å². The van der Waals surface area contributed by atoms with Gasteiger partial charge in [-0.1, -0.05) is 54.6 Å². The lowest BCUT2D eigenvalue weighted by atomic mass is 9.90. The monoisotopic (exact) mass is 635 g/mol. The maximum Gasteiger partial charge on any atom is 0.437 e. The highest BCUT2D eigenvalue weighted by Crippen LogP contribution is 2.36. The number of piperidine rings is 1. The third-order valence-corrected chi connectivity index (χ3v) is 8.56. The number of ketones is 1. The van der Waals surface area contributed by atoms with Gasteiger partial charge in [0.2, 0.25) is 17.5 Å². The second-order valence-corrected chi connectivity index (χ2v) is 11.7. The van der Waals surface area contributed by atoms with Gasteiger partial charge < -0.3 is 19.5 Å². The van der Waals surface area contributed by atoms with E-state index in [0.717, 1.165) is 12.8 Å². The lowest BCUT2D eigenvalue weighted by Crippen LogP contribution is -2.33. The Kier molecular flexibility index (Phi) is 9.05. The van der Waals surface area contributed by atoms with Crippen molar-refractivity contribution in [1.29, 1.82) is 0 Å². The van der Waals surface area contributed by atoms with Crippen LogP contribution in [0.4, 0.5) is 29.4 Å². The summed E-state index contributed by atoms with van der Waals surface area (Å²) in [4.78, 5) is 37.1. The highest BCUT2D eigenvalue weighted by Gasteiger charge is 2.42. The van der Waals surface area contributed by atoms with Crippen molar-refractivity contribution in [2.24, 2.45) is 0 Å². The van der Waals surface area contributed by atoms with Crippen LogP contribution >= 0.6 is 0 Å². The third-order valence-electron chi connectivity index (χ3n) is 8.56. The number of nitrogens with zero attached hydrogens (tertiary/aromatic N) is 4. The quantitative estimate of drug-likeness (QED) is 0.171. The molecule has 0 saturated carbocycles. The Balaban J connectivity index is 1.05. The largest absolute Gasteiger partial charge is 0.437 e. The summed E-state index contributed by atoms with van der Waals surface area (Å²) in [7, 11) is 0. The first kappa shape index (κ1) is 31.3. The van der Waals surface area contributed by atoms with Gasteiger partial charge in [-0.05, 0) is 54.0 Å². The van der Waals surface area contributed by atoms with Gasteiger partial charge in [0.25, 0.3) is 6.01 Å². The molecule has 240 valence electrons. The summed E-state index contributed by atoms with van der Waals surface area (Å²) in [5, 5.41) is 3.25. The number of benzene rings is 2. The van der Waals surface area contributed by atoms with E-state index in [-0.39, 0.29) is 30.8 Å². The number of Topliss-reactive ketones (excluding diaryl/α,β-unsaturated/α-hetero) is 1. The normalized spacial score (nSPS) is 17.3. The lowest BCUT2D eigenvalue weighted by Gasteiger charge is -2.31. The number of halogens is 4. The molecule has 1 atom stereocenters. The van der Waals surface area contributed by atoms with Gasteiger partial charge in [-0.2, -0.15) is 18.2 Å². The molecule has 0 unspecified atom stereocenters. The summed E-state index contributed by atoms with van der Waals surface area (Å²) in [6.07, 6.45) is -1.67. The molecule has 12 heteroatoms. The molecule has 2 aromatic heterocycles. The van der Waals surface area contributed by atoms with Crippen LogP contribution in [0.15, 0.2) is 77.3 Å². The van der Waals surface area contributed by atoms with Crippen molar-refractivity contribution in [3.05, 3.63) is 107 Å². The van der Waals surface area contributed by atoms with Crippen LogP contribution in [0.3, 0.4) is 0 Å². The molecule has 2 saturated heterocycles. The molecular formula is C34H33F4N5O3. The van der Waals surface area contributed by atoms with Gasteiger partial charge in [0, 0.05) is 44.8 Å². The fourth-order valence-electron chi connectivity index (χ4n) is 6.06. The molecule has 2 aliphatic heterocycles. The zero-order valence-electron chi connectivity index (χ0n) is 25.0. The van der Waals surface area contributed by atoms with Gasteiger partial charge in [0.05, 0.1) is 6.42 Å². The molecule has 0 radical (unpaired) electrons. The van der Waals surface area contributed by atoms with Crippen LogP contribution in [-0.2, 0) is 23.8 Å². The van der Waals surface area contributed by atoms with Crippen LogP contribution < -0.4 is 10.2 Å². The van der Waals surface area contributed by atoms with Crippen molar-refractivity contribution in [3.63, 3.8) is 0 Å². The van der Waals surface area contributed by atoms with E-state index in [1.807, 2.05) is 30.3 Å². The number of rotatable bonds is 9. The predicted octanol–water partition coefficient (Wildman–Crippen LogP) is 6.29. The minimum absolute atomic E-state index is 0.0180. The Morgan fingerprint density at radius 2 is 1.65 bits per heavy atom. The Bertz CT molecular complexity index is 1670. The molecular weight excluding hydrogens is 602 g/mol. The minimum atomic E-state index is -4.85. The number of pyridine rings is 1. The number of alkyl halides is 3. The molecule has 8 nitrogen and oxygen atoms in total. The molecule has 2 fully saturated rings. The van der Waals surface area contributed by atoms with E-state index in [1.165, 1.54) is 17.8 Å². The number of hydrogen-bond acceptors (Lipinski definition) is 7. The summed E-state index contributed by atoms with van der Waals surface area (Å²) in [5.41, 5.74) is 0.633. The molecule has 1 N–H and O–H groups in total. The summed E-state index contributed by atoms with van der Waals surface area (Å²) >= 11 is 0. The first-order valence-electron chi connectivity index (χ1n) is 15.3. The van der Waals surface area contributed by atoms with E-state index >= 15 is 0 Å². The number of likely N-dealkylation sites (tertiary alicyclic amines) is 1. The number of carbonyl (C=O) groups excluding carboxylic acids is 2. The maximum absolute atomic E-state index is 13.9. The van der Waals surface area contributed by atoms with Gasteiger partial charge in [0.1, 0.15) is 11.6 Å². The third kappa shape index (κ3) is 7.21. The smallest absolute Gasteiger partial charge is 0.420 e. The summed E-state index contributed by atoms with van der Waals surface area (Å²) in [6, 6.07) is 19.1. The molecule has 4 heterocycles. The number of carbonyl (C=O) groups is 2. The zero-order chi connectivity index (χ0) is 32.3. The topological polar surface area (TPSA) is 91.6 Å². The highest BCUT2D eigenvalue weighted by molar-refractivity contribution is 5.96. The minimum Gasteiger partial charge on any atom is -0.420 e. The number of nitrogens with one attached hydrogen (secondary N) is 1. The van der Waals surface area contributed by atoms with Gasteiger partial charge in [-0.25, -0.2) is 9.37 Å². The van der Waals surface area contributed by atoms with Crippen LogP contribution in [0.1, 0.15) is 58.1 Å². The van der Waals surface area contributed by atoms with Gasteiger partial charge in [-0.15, -0.1) is 0 Å². The Hall–Kier alpha value is -4.74. The molecule has 1 amide bonds. The molecule has 46 heavy (non-hydrogen) atoms. The van der Waals surface area contributed by atoms with Crippen molar-refractivity contribution in [1.82, 2.24) is 14.9 Å². The van der Waals surface area contributed by atoms with Crippen molar-refractivity contribution in [2.45, 2.75) is 50.2 Å².